The van der Waals surface area contributed by atoms with Crippen LogP contribution in [0.5, 0.6) is 5.75 Å². The Hall–Kier alpha value is -3.27. The molecular formula is C23H25FN2O4. The maximum Gasteiger partial charge on any atom is 0.223 e. The predicted octanol–water partition coefficient (Wildman–Crippen LogP) is 3.06. The lowest BCUT2D eigenvalue weighted by Gasteiger charge is -2.30. The van der Waals surface area contributed by atoms with Crippen molar-refractivity contribution in [1.29, 1.82) is 0 Å². The van der Waals surface area contributed by atoms with E-state index in [0.717, 1.165) is 0 Å². The Labute approximate surface area is 175 Å². The van der Waals surface area contributed by atoms with Crippen LogP contribution in [-0.4, -0.2) is 35.9 Å². The van der Waals surface area contributed by atoms with Crippen molar-refractivity contribution in [3.8, 4) is 18.1 Å². The van der Waals surface area contributed by atoms with Crippen molar-refractivity contribution in [1.82, 2.24) is 10.2 Å². The Morgan fingerprint density at radius 3 is 2.90 bits per heavy atom. The minimum Gasteiger partial charge on any atom is -0.497 e. The summed E-state index contributed by atoms with van der Waals surface area (Å²) in [6.07, 6.45) is 8.68. The molecule has 1 N–H and O–H groups in total. The van der Waals surface area contributed by atoms with Crippen molar-refractivity contribution in [2.24, 2.45) is 0 Å². The van der Waals surface area contributed by atoms with Crippen molar-refractivity contribution >= 4 is 11.8 Å². The average Bonchev–Trinajstić information content (AvgIpc) is 3.37. The van der Waals surface area contributed by atoms with Crippen molar-refractivity contribution in [3.05, 3.63) is 53.7 Å². The molecule has 7 heteroatoms. The summed E-state index contributed by atoms with van der Waals surface area (Å²) in [5.41, 5.74) is -0.244. The molecule has 2 amide bonds. The Kier molecular flexibility index (Phi) is 6.78. The molecule has 1 aliphatic heterocycles. The number of halogens is 1. The number of ether oxygens (including phenoxy) is 1. The number of rotatable bonds is 9. The lowest BCUT2D eigenvalue weighted by atomic mass is 9.84. The molecule has 3 rings (SSSR count). The summed E-state index contributed by atoms with van der Waals surface area (Å²) in [6.45, 7) is 0.434. The largest absolute Gasteiger partial charge is 0.497 e. The van der Waals surface area contributed by atoms with Crippen LogP contribution in [0.2, 0.25) is 0 Å². The monoisotopic (exact) mass is 412 g/mol. The first-order valence-corrected chi connectivity index (χ1v) is 9.82. The quantitative estimate of drug-likeness (QED) is 0.643. The first-order chi connectivity index (χ1) is 14.4. The summed E-state index contributed by atoms with van der Waals surface area (Å²) in [4.78, 5) is 26.4. The van der Waals surface area contributed by atoms with Crippen LogP contribution in [0.4, 0.5) is 4.39 Å². The topological polar surface area (TPSA) is 71.8 Å². The van der Waals surface area contributed by atoms with E-state index in [1.165, 1.54) is 18.1 Å². The van der Waals surface area contributed by atoms with Gasteiger partial charge in [-0.15, -0.1) is 6.42 Å². The van der Waals surface area contributed by atoms with Gasteiger partial charge in [0.15, 0.2) is 0 Å². The van der Waals surface area contributed by atoms with E-state index in [-0.39, 0.29) is 43.6 Å². The van der Waals surface area contributed by atoms with E-state index in [9.17, 15) is 14.0 Å². The molecule has 1 fully saturated rings. The molecule has 0 saturated carbocycles. The Bertz CT molecular complexity index is 935. The van der Waals surface area contributed by atoms with Crippen LogP contribution in [0, 0.1) is 18.2 Å². The molecule has 1 atom stereocenters. The normalized spacial score (nSPS) is 18.0. The SMILES string of the molecule is C#CCN(Cc1ccco1)C(=O)CCC1(Cc2cc(OC)ccc2F)CCC(=O)N1. The van der Waals surface area contributed by atoms with Gasteiger partial charge in [-0.25, -0.2) is 4.39 Å². The number of terminal acetylenes is 1. The highest BCUT2D eigenvalue weighted by molar-refractivity contribution is 5.80. The van der Waals surface area contributed by atoms with Gasteiger partial charge in [-0.2, -0.15) is 0 Å². The first kappa shape index (κ1) is 21.4. The summed E-state index contributed by atoms with van der Waals surface area (Å²) < 4.78 is 24.9. The highest BCUT2D eigenvalue weighted by Crippen LogP contribution is 2.32. The molecule has 1 aromatic heterocycles. The molecule has 0 spiro atoms. The van der Waals surface area contributed by atoms with Crippen molar-refractivity contribution in [2.45, 2.75) is 44.2 Å². The fourth-order valence-electron chi connectivity index (χ4n) is 3.80. The van der Waals surface area contributed by atoms with Gasteiger partial charge in [0, 0.05) is 18.4 Å². The molecule has 6 nitrogen and oxygen atoms in total. The van der Waals surface area contributed by atoms with Crippen LogP contribution in [0.15, 0.2) is 41.0 Å². The van der Waals surface area contributed by atoms with Gasteiger partial charge in [0.25, 0.3) is 0 Å². The maximum atomic E-state index is 14.4. The molecule has 158 valence electrons. The third-order valence-electron chi connectivity index (χ3n) is 5.40. The maximum absolute atomic E-state index is 14.4. The summed E-state index contributed by atoms with van der Waals surface area (Å²) in [7, 11) is 1.52. The molecule has 0 aliphatic carbocycles. The standard InChI is InChI=1S/C23H25FN2O4/c1-3-12-26(16-19-5-4-13-30-19)22(28)9-11-23(10-8-21(27)25-23)15-17-14-18(29-2)6-7-20(17)24/h1,4-7,13-14H,8-12,15-16H2,2H3,(H,25,27). The third-order valence-corrected chi connectivity index (χ3v) is 5.40. The van der Waals surface area contributed by atoms with Crippen LogP contribution < -0.4 is 10.1 Å². The van der Waals surface area contributed by atoms with Crippen LogP contribution in [-0.2, 0) is 22.6 Å². The zero-order valence-electron chi connectivity index (χ0n) is 16.9. The van der Waals surface area contributed by atoms with E-state index in [1.54, 1.807) is 30.5 Å². The molecule has 2 aromatic rings. The summed E-state index contributed by atoms with van der Waals surface area (Å²) in [5, 5.41) is 2.98. The van der Waals surface area contributed by atoms with E-state index < -0.39 is 5.54 Å². The fourth-order valence-corrected chi connectivity index (χ4v) is 3.80. The molecule has 2 heterocycles. The van der Waals surface area contributed by atoms with E-state index >= 15 is 0 Å². The minimum atomic E-state index is -0.688. The number of amides is 2. The van der Waals surface area contributed by atoms with E-state index in [4.69, 9.17) is 15.6 Å². The van der Waals surface area contributed by atoms with E-state index in [1.807, 2.05) is 0 Å². The van der Waals surface area contributed by atoms with Crippen LogP contribution in [0.25, 0.3) is 0 Å². The Morgan fingerprint density at radius 1 is 1.43 bits per heavy atom. The molecule has 30 heavy (non-hydrogen) atoms. The number of methoxy groups -OCH3 is 1. The lowest BCUT2D eigenvalue weighted by molar-refractivity contribution is -0.132. The van der Waals surface area contributed by atoms with E-state index in [0.29, 0.717) is 36.3 Å². The van der Waals surface area contributed by atoms with Crippen molar-refractivity contribution in [2.75, 3.05) is 13.7 Å². The number of hydrogen-bond donors (Lipinski definition) is 1. The summed E-state index contributed by atoms with van der Waals surface area (Å²) in [5.74, 6) is 3.07. The number of hydrogen-bond acceptors (Lipinski definition) is 4. The zero-order valence-corrected chi connectivity index (χ0v) is 16.9. The third kappa shape index (κ3) is 5.20. The van der Waals surface area contributed by atoms with Crippen LogP contribution >= 0.6 is 0 Å². The van der Waals surface area contributed by atoms with Gasteiger partial charge in [-0.05, 0) is 55.2 Å². The van der Waals surface area contributed by atoms with Gasteiger partial charge in [-0.3, -0.25) is 9.59 Å². The summed E-state index contributed by atoms with van der Waals surface area (Å²) >= 11 is 0. The molecule has 1 saturated heterocycles. The summed E-state index contributed by atoms with van der Waals surface area (Å²) in [6, 6.07) is 8.06. The molecule has 1 unspecified atom stereocenters. The second-order valence-electron chi connectivity index (χ2n) is 7.50. The van der Waals surface area contributed by atoms with Crippen molar-refractivity contribution in [3.63, 3.8) is 0 Å². The number of furan rings is 1. The fraction of sp³-hybridized carbons (Fsp3) is 0.391. The number of nitrogens with zero attached hydrogens (tertiary/aromatic N) is 1. The Balaban J connectivity index is 1.72. The molecule has 0 radical (unpaired) electrons. The van der Waals surface area contributed by atoms with Gasteiger partial charge >= 0.3 is 0 Å². The van der Waals surface area contributed by atoms with E-state index in [2.05, 4.69) is 11.2 Å². The van der Waals surface area contributed by atoms with Crippen LogP contribution in [0.1, 0.15) is 37.0 Å². The van der Waals surface area contributed by atoms with Gasteiger partial charge in [0.1, 0.15) is 17.3 Å². The van der Waals surface area contributed by atoms with Crippen molar-refractivity contribution < 1.29 is 23.1 Å². The Morgan fingerprint density at radius 2 is 2.27 bits per heavy atom. The minimum absolute atomic E-state index is 0.0955. The van der Waals surface area contributed by atoms with Gasteiger partial charge in [0.05, 0.1) is 26.5 Å². The highest BCUT2D eigenvalue weighted by atomic mass is 19.1. The lowest BCUT2D eigenvalue weighted by Crippen LogP contribution is -2.45. The second-order valence-corrected chi connectivity index (χ2v) is 7.50. The van der Waals surface area contributed by atoms with Gasteiger partial charge in [-0.1, -0.05) is 5.92 Å². The zero-order chi connectivity index (χ0) is 21.6. The smallest absolute Gasteiger partial charge is 0.223 e. The van der Waals surface area contributed by atoms with Gasteiger partial charge < -0.3 is 19.4 Å². The predicted molar refractivity (Wildman–Crippen MR) is 109 cm³/mol. The number of carbonyl (C=O) groups is 2. The molecule has 1 aromatic carbocycles. The number of nitrogens with one attached hydrogen (secondary N) is 1. The second kappa shape index (κ2) is 9.49. The molecular weight excluding hydrogens is 387 g/mol. The highest BCUT2D eigenvalue weighted by Gasteiger charge is 2.39. The molecule has 1 aliphatic rings. The molecule has 0 bridgehead atoms. The van der Waals surface area contributed by atoms with Crippen LogP contribution in [0.3, 0.4) is 0 Å². The average molecular weight is 412 g/mol. The number of benzene rings is 1. The van der Waals surface area contributed by atoms with Gasteiger partial charge in [0.2, 0.25) is 11.8 Å². The first-order valence-electron chi connectivity index (χ1n) is 9.82. The number of carbonyl (C=O) groups excluding carboxylic acids is 2.